The first-order valence-corrected chi connectivity index (χ1v) is 15.7. The maximum atomic E-state index is 7.80. The van der Waals surface area contributed by atoms with Crippen LogP contribution in [0, 0.1) is 0 Å². The van der Waals surface area contributed by atoms with Crippen molar-refractivity contribution in [3.05, 3.63) is 35.9 Å². The van der Waals surface area contributed by atoms with Crippen molar-refractivity contribution < 1.29 is 0 Å². The first-order valence-electron chi connectivity index (χ1n) is 11.8. The molecule has 0 amide bonds. The van der Waals surface area contributed by atoms with Crippen LogP contribution in [0.1, 0.15) is 103 Å². The summed E-state index contributed by atoms with van der Waals surface area (Å²) in [6.45, 7) is 6.93. The van der Waals surface area contributed by atoms with Gasteiger partial charge in [-0.15, -0.1) is 0 Å². The third kappa shape index (κ3) is 10.3. The van der Waals surface area contributed by atoms with Crippen molar-refractivity contribution in [2.45, 2.75) is 104 Å². The van der Waals surface area contributed by atoms with Crippen LogP contribution < -0.4 is 0 Å². The van der Waals surface area contributed by atoms with E-state index >= 15 is 0 Å². The van der Waals surface area contributed by atoms with Crippen LogP contribution in [0.3, 0.4) is 0 Å². The Kier molecular flexibility index (Phi) is 13.0. The van der Waals surface area contributed by atoms with Gasteiger partial charge in [-0.3, -0.25) is 0 Å². The number of hydrogen-bond donors (Lipinski definition) is 0. The SMILES string of the molecule is CCCCCCCCCCP(Cl)(CCCC)(CCCC)Cc1ccccc1. The van der Waals surface area contributed by atoms with Crippen molar-refractivity contribution in [2.75, 3.05) is 18.5 Å². The second-order valence-electron chi connectivity index (χ2n) is 8.82. The molecule has 1 aromatic carbocycles. The van der Waals surface area contributed by atoms with Crippen LogP contribution in [0.25, 0.3) is 0 Å². The third-order valence-corrected chi connectivity index (χ3v) is 13.5. The summed E-state index contributed by atoms with van der Waals surface area (Å²) in [6.07, 6.45) is 21.3. The van der Waals surface area contributed by atoms with Gasteiger partial charge < -0.3 is 0 Å². The van der Waals surface area contributed by atoms with Crippen molar-refractivity contribution >= 4 is 17.2 Å². The second-order valence-corrected chi connectivity index (χ2v) is 17.0. The number of hydrogen-bond acceptors (Lipinski definition) is 0. The Morgan fingerprint density at radius 3 is 1.56 bits per heavy atom. The minimum absolute atomic E-state index is 1.16. The van der Waals surface area contributed by atoms with E-state index in [2.05, 4.69) is 51.1 Å². The molecule has 0 heterocycles. The van der Waals surface area contributed by atoms with Crippen molar-refractivity contribution in [1.82, 2.24) is 0 Å². The van der Waals surface area contributed by atoms with Crippen LogP contribution in [-0.2, 0) is 6.16 Å². The fourth-order valence-electron chi connectivity index (χ4n) is 4.36. The topological polar surface area (TPSA) is 0 Å². The molecule has 0 nitrogen and oxygen atoms in total. The van der Waals surface area contributed by atoms with Gasteiger partial charge in [-0.1, -0.05) is 0 Å². The summed E-state index contributed by atoms with van der Waals surface area (Å²) in [5.74, 6) is -2.18. The summed E-state index contributed by atoms with van der Waals surface area (Å²) in [4.78, 5) is 0. The Morgan fingerprint density at radius 1 is 0.593 bits per heavy atom. The zero-order valence-corrected chi connectivity index (χ0v) is 20.2. The Balaban J connectivity index is 2.69. The first kappa shape index (κ1) is 25.0. The number of rotatable bonds is 17. The Bertz CT molecular complexity index is 462. The van der Waals surface area contributed by atoms with E-state index in [4.69, 9.17) is 11.2 Å². The van der Waals surface area contributed by atoms with E-state index in [1.54, 1.807) is 0 Å². The van der Waals surface area contributed by atoms with E-state index in [-0.39, 0.29) is 0 Å². The second kappa shape index (κ2) is 14.0. The summed E-state index contributed by atoms with van der Waals surface area (Å²) < 4.78 is 0. The van der Waals surface area contributed by atoms with Crippen molar-refractivity contribution in [1.29, 1.82) is 0 Å². The molecule has 0 atom stereocenters. The molecule has 158 valence electrons. The van der Waals surface area contributed by atoms with Gasteiger partial charge in [-0.25, -0.2) is 0 Å². The fourth-order valence-corrected chi connectivity index (χ4v) is 11.3. The Hall–Kier alpha value is -0.0600. The molecular weight excluding hydrogens is 367 g/mol. The van der Waals surface area contributed by atoms with Gasteiger partial charge in [-0.2, -0.15) is 0 Å². The standard InChI is InChI=1S/C25H46ClP/c1-4-7-10-11-12-13-14-18-23-27(26,21-8-5-2,22-9-6-3)24-25-19-16-15-17-20-25/h15-17,19-20H,4-14,18,21-24H2,1-3H3. The van der Waals surface area contributed by atoms with Gasteiger partial charge in [-0.05, 0) is 0 Å². The van der Waals surface area contributed by atoms with E-state index in [0.29, 0.717) is 0 Å². The quantitative estimate of drug-likeness (QED) is 0.176. The molecule has 1 aromatic rings. The minimum atomic E-state index is -2.18. The molecule has 27 heavy (non-hydrogen) atoms. The molecule has 0 bridgehead atoms. The Labute approximate surface area is 175 Å². The summed E-state index contributed by atoms with van der Waals surface area (Å²) >= 11 is 7.80. The molecule has 0 aliphatic heterocycles. The van der Waals surface area contributed by atoms with Crippen LogP contribution in [0.2, 0.25) is 0 Å². The van der Waals surface area contributed by atoms with Gasteiger partial charge in [0.05, 0.1) is 0 Å². The third-order valence-electron chi connectivity index (χ3n) is 6.13. The van der Waals surface area contributed by atoms with Gasteiger partial charge in [0, 0.05) is 0 Å². The van der Waals surface area contributed by atoms with Crippen molar-refractivity contribution in [3.8, 4) is 0 Å². The summed E-state index contributed by atoms with van der Waals surface area (Å²) in [5, 5.41) is 0. The number of benzene rings is 1. The molecule has 0 spiro atoms. The van der Waals surface area contributed by atoms with Gasteiger partial charge in [0.2, 0.25) is 0 Å². The molecule has 0 N–H and O–H groups in total. The molecular formula is C25H46ClP. The predicted octanol–water partition coefficient (Wildman–Crippen LogP) is 9.63. The maximum absolute atomic E-state index is 7.80. The van der Waals surface area contributed by atoms with Crippen LogP contribution in [0.5, 0.6) is 0 Å². The molecule has 1 rings (SSSR count). The van der Waals surface area contributed by atoms with E-state index in [1.807, 2.05) is 0 Å². The molecule has 0 unspecified atom stereocenters. The summed E-state index contributed by atoms with van der Waals surface area (Å²) in [7, 11) is 0. The zero-order chi connectivity index (χ0) is 19.9. The number of halogens is 1. The average molecular weight is 413 g/mol. The van der Waals surface area contributed by atoms with Crippen LogP contribution in [0.4, 0.5) is 0 Å². The van der Waals surface area contributed by atoms with Crippen LogP contribution >= 0.6 is 17.2 Å². The molecule has 0 aromatic heterocycles. The van der Waals surface area contributed by atoms with E-state index in [9.17, 15) is 0 Å². The van der Waals surface area contributed by atoms with Gasteiger partial charge in [0.1, 0.15) is 0 Å². The molecule has 0 saturated heterocycles. The van der Waals surface area contributed by atoms with Gasteiger partial charge in [0.15, 0.2) is 0 Å². The zero-order valence-electron chi connectivity index (χ0n) is 18.5. The van der Waals surface area contributed by atoms with E-state index in [1.165, 1.54) is 101 Å². The normalized spacial score (nSPS) is 13.4. The van der Waals surface area contributed by atoms with Crippen molar-refractivity contribution in [3.63, 3.8) is 0 Å². The molecule has 0 saturated carbocycles. The molecule has 0 aliphatic rings. The predicted molar refractivity (Wildman–Crippen MR) is 130 cm³/mol. The fraction of sp³-hybridized carbons (Fsp3) is 0.760. The van der Waals surface area contributed by atoms with Gasteiger partial charge in [0.25, 0.3) is 0 Å². The van der Waals surface area contributed by atoms with E-state index < -0.39 is 5.96 Å². The molecule has 0 radical (unpaired) electrons. The monoisotopic (exact) mass is 412 g/mol. The Morgan fingerprint density at radius 2 is 1.04 bits per heavy atom. The molecule has 2 heteroatoms. The van der Waals surface area contributed by atoms with Crippen LogP contribution in [-0.4, -0.2) is 18.5 Å². The van der Waals surface area contributed by atoms with Crippen molar-refractivity contribution in [2.24, 2.45) is 0 Å². The van der Waals surface area contributed by atoms with E-state index in [0.717, 1.165) is 6.16 Å². The van der Waals surface area contributed by atoms with Gasteiger partial charge >= 0.3 is 176 Å². The summed E-state index contributed by atoms with van der Waals surface area (Å²) in [5.41, 5.74) is 1.47. The first-order chi connectivity index (χ1) is 13.1. The average Bonchev–Trinajstić information content (AvgIpc) is 2.68. The number of unbranched alkanes of at least 4 members (excludes halogenated alkanes) is 9. The molecule has 0 fully saturated rings. The summed E-state index contributed by atoms with van der Waals surface area (Å²) in [6, 6.07) is 11.1. The van der Waals surface area contributed by atoms with Crippen LogP contribution in [0.15, 0.2) is 30.3 Å². The molecule has 0 aliphatic carbocycles.